The monoisotopic (exact) mass is 479 g/mol. The number of benzene rings is 5. The molecule has 0 radical (unpaired) electrons. The Morgan fingerprint density at radius 1 is 0.472 bits per heavy atom. The smallest absolute Gasteiger partial charge is 0.245 e. The number of para-hydroxylation sites is 2. The van der Waals surface area contributed by atoms with Crippen LogP contribution in [0.2, 0.25) is 0 Å². The Morgan fingerprint density at radius 2 is 1.03 bits per heavy atom. The van der Waals surface area contributed by atoms with Crippen LogP contribution in [0.3, 0.4) is 0 Å². The molecule has 0 atom stereocenters. The molecule has 0 fully saturated rings. The van der Waals surface area contributed by atoms with Gasteiger partial charge in [-0.3, -0.25) is 0 Å². The average Bonchev–Trinajstić information content (AvgIpc) is 2.92. The highest BCUT2D eigenvalue weighted by atomic mass is 32.2. The zero-order valence-electron chi connectivity index (χ0n) is 19.3. The highest BCUT2D eigenvalue weighted by molar-refractivity contribution is 7.92. The van der Waals surface area contributed by atoms with Crippen molar-refractivity contribution >= 4 is 73.1 Å². The van der Waals surface area contributed by atoms with Crippen LogP contribution in [-0.2, 0) is 9.84 Å². The van der Waals surface area contributed by atoms with E-state index in [0.29, 0.717) is 9.79 Å². The quantitative estimate of drug-likeness (QED) is 0.338. The summed E-state index contributed by atoms with van der Waals surface area (Å²) in [6, 6.07) is 38.9. The fraction of sp³-hybridized carbons (Fsp3) is 0. The summed E-state index contributed by atoms with van der Waals surface area (Å²) in [6.07, 6.45) is 0. The lowest BCUT2D eigenvalue weighted by Gasteiger charge is -2.43. The van der Waals surface area contributed by atoms with E-state index in [1.807, 2.05) is 30.3 Å². The molecule has 36 heavy (non-hydrogen) atoms. The second-order valence-electron chi connectivity index (χ2n) is 9.68. The van der Waals surface area contributed by atoms with Gasteiger partial charge in [0.25, 0.3) is 0 Å². The second kappa shape index (κ2) is 7.02. The molecule has 0 N–H and O–H groups in total. The van der Waals surface area contributed by atoms with Crippen molar-refractivity contribution in [1.82, 2.24) is 0 Å². The molecular weight excluding hydrogens is 460 g/mol. The highest BCUT2D eigenvalue weighted by Gasteiger charge is 2.49. The Morgan fingerprint density at radius 3 is 1.86 bits per heavy atom. The fourth-order valence-electron chi connectivity index (χ4n) is 6.65. The largest absolute Gasteiger partial charge is 0.312 e. The molecule has 0 unspecified atom stereocenters. The van der Waals surface area contributed by atoms with E-state index in [4.69, 9.17) is 0 Å². The lowest BCUT2D eigenvalue weighted by molar-refractivity contribution is 0.597. The number of fused-ring (bicyclic) bond motifs is 6. The Bertz CT molecular complexity index is 1840. The Labute approximate surface area is 211 Å². The Hall–Kier alpha value is -4.02. The van der Waals surface area contributed by atoms with E-state index in [0.717, 1.165) is 33.5 Å². The molecule has 0 aliphatic carbocycles. The summed E-state index contributed by atoms with van der Waals surface area (Å²) in [5.41, 5.74) is 9.96. The summed E-state index contributed by atoms with van der Waals surface area (Å²) in [7, 11) is -3.60. The minimum absolute atomic E-state index is 0.0287. The number of hydrogen-bond donors (Lipinski definition) is 0. The molecule has 3 aliphatic heterocycles. The molecule has 3 nitrogen and oxygen atoms in total. The fourth-order valence-corrected chi connectivity index (χ4v) is 8.42. The standard InChI is InChI=1S/C30H19B2NO2S/c34-36(35)27-18-7-5-13-22(27)32-23-14-8-17-26-29(23)31(24-15-9-19-28(36)30(24)32)21-12-4-6-16-25(21)33(26)20-10-2-1-3-11-20/h1-19H. The SMILES string of the molecule is O=S1(=O)c2ccccc2B2c3cccc4c3B(c3ccccc3N4c3ccccc3)c3cccc1c32. The molecular formula is C30H19B2NO2S. The zero-order chi connectivity index (χ0) is 24.0. The normalized spacial score (nSPS) is 15.5. The van der Waals surface area contributed by atoms with Crippen LogP contribution in [0.25, 0.3) is 0 Å². The van der Waals surface area contributed by atoms with Crippen LogP contribution in [0.15, 0.2) is 125 Å². The van der Waals surface area contributed by atoms with Gasteiger partial charge < -0.3 is 4.90 Å². The number of rotatable bonds is 1. The van der Waals surface area contributed by atoms with Gasteiger partial charge in [-0.05, 0) is 52.8 Å². The van der Waals surface area contributed by atoms with Crippen molar-refractivity contribution in [2.75, 3.05) is 4.90 Å². The summed E-state index contributed by atoms with van der Waals surface area (Å²) < 4.78 is 27.6. The summed E-state index contributed by atoms with van der Waals surface area (Å²) in [5, 5.41) is 0. The zero-order valence-corrected chi connectivity index (χ0v) is 20.1. The lowest BCUT2D eigenvalue weighted by atomic mass is 9.20. The van der Waals surface area contributed by atoms with E-state index in [1.54, 1.807) is 12.1 Å². The van der Waals surface area contributed by atoms with E-state index in [9.17, 15) is 8.42 Å². The van der Waals surface area contributed by atoms with Gasteiger partial charge in [-0.15, -0.1) is 0 Å². The maximum Gasteiger partial charge on any atom is 0.245 e. The Kier molecular flexibility index (Phi) is 3.94. The molecule has 6 heteroatoms. The van der Waals surface area contributed by atoms with Gasteiger partial charge in [0.2, 0.25) is 23.3 Å². The summed E-state index contributed by atoms with van der Waals surface area (Å²) in [5.74, 6) is 0. The van der Waals surface area contributed by atoms with Gasteiger partial charge in [-0.2, -0.15) is 0 Å². The topological polar surface area (TPSA) is 37.4 Å². The van der Waals surface area contributed by atoms with Crippen molar-refractivity contribution in [3.8, 4) is 0 Å². The van der Waals surface area contributed by atoms with Crippen LogP contribution < -0.4 is 37.7 Å². The van der Waals surface area contributed by atoms with Gasteiger partial charge in [0.05, 0.1) is 9.79 Å². The Balaban J connectivity index is 1.53. The van der Waals surface area contributed by atoms with E-state index in [2.05, 4.69) is 77.7 Å². The third kappa shape index (κ3) is 2.42. The van der Waals surface area contributed by atoms with Crippen LogP contribution in [-0.4, -0.2) is 21.8 Å². The van der Waals surface area contributed by atoms with Gasteiger partial charge >= 0.3 is 0 Å². The van der Waals surface area contributed by atoms with E-state index in [1.165, 1.54) is 16.4 Å². The van der Waals surface area contributed by atoms with E-state index in [-0.39, 0.29) is 13.4 Å². The number of nitrogens with zero attached hydrogens (tertiary/aromatic N) is 1. The van der Waals surface area contributed by atoms with Crippen molar-refractivity contribution in [2.45, 2.75) is 9.79 Å². The predicted octanol–water partition coefficient (Wildman–Crippen LogP) is 1.96. The number of anilines is 3. The van der Waals surface area contributed by atoms with Crippen LogP contribution in [0.5, 0.6) is 0 Å². The maximum absolute atomic E-state index is 13.8. The first-order valence-electron chi connectivity index (χ1n) is 12.2. The minimum Gasteiger partial charge on any atom is -0.312 e. The van der Waals surface area contributed by atoms with Gasteiger partial charge in [0, 0.05) is 17.1 Å². The molecule has 5 aromatic carbocycles. The number of sulfone groups is 1. The van der Waals surface area contributed by atoms with Gasteiger partial charge in [-0.25, -0.2) is 8.42 Å². The molecule has 0 amide bonds. The van der Waals surface area contributed by atoms with Crippen LogP contribution in [0.1, 0.15) is 0 Å². The maximum atomic E-state index is 13.8. The minimum atomic E-state index is -3.60. The van der Waals surface area contributed by atoms with E-state index >= 15 is 0 Å². The van der Waals surface area contributed by atoms with Gasteiger partial charge in [0.15, 0.2) is 0 Å². The van der Waals surface area contributed by atoms with E-state index < -0.39 is 9.84 Å². The molecule has 0 aromatic heterocycles. The molecule has 3 aliphatic rings. The first-order chi connectivity index (χ1) is 17.7. The average molecular weight is 479 g/mol. The summed E-state index contributed by atoms with van der Waals surface area (Å²) in [4.78, 5) is 3.22. The highest BCUT2D eigenvalue weighted by Crippen LogP contribution is 2.36. The van der Waals surface area contributed by atoms with Gasteiger partial charge in [-0.1, -0.05) is 95.3 Å². The molecule has 3 heterocycles. The third-order valence-electron chi connectivity index (χ3n) is 7.97. The molecule has 8 rings (SSSR count). The predicted molar refractivity (Wildman–Crippen MR) is 149 cm³/mol. The van der Waals surface area contributed by atoms with Crippen molar-refractivity contribution < 1.29 is 8.42 Å². The third-order valence-corrected chi connectivity index (χ3v) is 9.85. The van der Waals surface area contributed by atoms with Crippen LogP contribution in [0.4, 0.5) is 17.1 Å². The molecule has 5 aromatic rings. The van der Waals surface area contributed by atoms with Crippen LogP contribution in [0, 0.1) is 0 Å². The molecule has 0 saturated carbocycles. The van der Waals surface area contributed by atoms with Gasteiger partial charge in [0.1, 0.15) is 0 Å². The van der Waals surface area contributed by atoms with Crippen molar-refractivity contribution in [3.63, 3.8) is 0 Å². The molecule has 168 valence electrons. The number of hydrogen-bond acceptors (Lipinski definition) is 3. The first kappa shape index (κ1) is 20.2. The molecule has 0 bridgehead atoms. The second-order valence-corrected chi connectivity index (χ2v) is 11.6. The molecule has 0 spiro atoms. The van der Waals surface area contributed by atoms with Crippen molar-refractivity contribution in [2.24, 2.45) is 0 Å². The summed E-state index contributed by atoms with van der Waals surface area (Å²) in [6.45, 7) is -0.149. The first-order valence-corrected chi connectivity index (χ1v) is 13.7. The summed E-state index contributed by atoms with van der Waals surface area (Å²) >= 11 is 0. The molecule has 0 saturated heterocycles. The van der Waals surface area contributed by atoms with Crippen molar-refractivity contribution in [1.29, 1.82) is 0 Å². The van der Waals surface area contributed by atoms with Crippen LogP contribution >= 0.6 is 0 Å². The lowest BCUT2D eigenvalue weighted by Crippen LogP contribution is -2.78. The van der Waals surface area contributed by atoms with Crippen molar-refractivity contribution in [3.05, 3.63) is 115 Å².